The Kier molecular flexibility index (Phi) is 4.94. The van der Waals surface area contributed by atoms with Crippen molar-refractivity contribution in [3.8, 4) is 0 Å². The van der Waals surface area contributed by atoms with Gasteiger partial charge in [-0.05, 0) is 60.1 Å². The highest BCUT2D eigenvalue weighted by atomic mass is 16.3. The predicted octanol–water partition coefficient (Wildman–Crippen LogP) is 2.58. The van der Waals surface area contributed by atoms with Crippen LogP contribution in [0.4, 0.5) is 0 Å². The van der Waals surface area contributed by atoms with E-state index in [1.165, 1.54) is 23.8 Å². The highest BCUT2D eigenvalue weighted by molar-refractivity contribution is 5.99. The maximum absolute atomic E-state index is 12.4. The summed E-state index contributed by atoms with van der Waals surface area (Å²) < 4.78 is 0. The zero-order valence-electron chi connectivity index (χ0n) is 13.2. The van der Waals surface area contributed by atoms with Crippen LogP contribution >= 0.6 is 0 Å². The van der Waals surface area contributed by atoms with Gasteiger partial charge in [0.05, 0.1) is 0 Å². The van der Waals surface area contributed by atoms with Gasteiger partial charge in [-0.1, -0.05) is 24.3 Å². The molecule has 3 N–H and O–H groups in total. The fourth-order valence-corrected chi connectivity index (χ4v) is 3.07. The lowest BCUT2D eigenvalue weighted by Gasteiger charge is -2.17. The molecule has 2 aromatic carbocycles. The molecule has 4 nitrogen and oxygen atoms in total. The average molecular weight is 313 g/mol. The number of hydrogen-bond acceptors (Lipinski definition) is 3. The summed E-state index contributed by atoms with van der Waals surface area (Å²) in [6.45, 7) is -0.0131. The quantitative estimate of drug-likeness (QED) is 0.736. The van der Waals surface area contributed by atoms with Crippen LogP contribution in [0.15, 0.2) is 36.4 Å². The van der Waals surface area contributed by atoms with Crippen LogP contribution < -0.4 is 5.32 Å². The van der Waals surface area contributed by atoms with Crippen LogP contribution in [-0.2, 0) is 0 Å². The van der Waals surface area contributed by atoms with Crippen LogP contribution in [0.1, 0.15) is 47.5 Å². The van der Waals surface area contributed by atoms with Crippen molar-refractivity contribution in [3.63, 3.8) is 0 Å². The van der Waals surface area contributed by atoms with Gasteiger partial charge < -0.3 is 15.5 Å². The molecule has 0 saturated heterocycles. The van der Waals surface area contributed by atoms with Crippen molar-refractivity contribution < 1.29 is 15.0 Å². The summed E-state index contributed by atoms with van der Waals surface area (Å²) in [7, 11) is 0. The van der Waals surface area contributed by atoms with Crippen molar-refractivity contribution in [3.05, 3.63) is 47.5 Å². The molecule has 0 atom stereocenters. The molecule has 122 valence electrons. The summed E-state index contributed by atoms with van der Waals surface area (Å²) in [6, 6.07) is 11.9. The first-order valence-corrected chi connectivity index (χ1v) is 8.28. The minimum atomic E-state index is -0.203. The van der Waals surface area contributed by atoms with Crippen molar-refractivity contribution in [1.82, 2.24) is 5.32 Å². The number of rotatable bonds is 7. The fraction of sp³-hybridized carbons (Fsp3) is 0.421. The summed E-state index contributed by atoms with van der Waals surface area (Å²) in [5.74, 6) is 0.521. The number of carbonyl (C=O) groups is 1. The summed E-state index contributed by atoms with van der Waals surface area (Å²) >= 11 is 0. The molecule has 23 heavy (non-hydrogen) atoms. The van der Waals surface area contributed by atoms with E-state index in [2.05, 4.69) is 17.4 Å². The number of carbonyl (C=O) groups excluding carboxylic acids is 1. The zero-order valence-corrected chi connectivity index (χ0v) is 13.2. The maximum Gasteiger partial charge on any atom is 0.251 e. The van der Waals surface area contributed by atoms with Gasteiger partial charge in [0.2, 0.25) is 0 Å². The van der Waals surface area contributed by atoms with Crippen LogP contribution in [0.5, 0.6) is 0 Å². The minimum Gasteiger partial charge on any atom is -0.396 e. The molecule has 0 bridgehead atoms. The molecular formula is C19H23NO3. The topological polar surface area (TPSA) is 69.6 Å². The van der Waals surface area contributed by atoms with Crippen molar-refractivity contribution in [2.24, 2.45) is 0 Å². The Hall–Kier alpha value is -1.91. The molecule has 0 aromatic heterocycles. The molecule has 1 aliphatic carbocycles. The number of nitrogens with one attached hydrogen (secondary N) is 1. The molecule has 0 spiro atoms. The van der Waals surface area contributed by atoms with Crippen molar-refractivity contribution in [2.75, 3.05) is 13.2 Å². The molecule has 4 heteroatoms. The van der Waals surface area contributed by atoms with Crippen LogP contribution in [0.2, 0.25) is 0 Å². The summed E-state index contributed by atoms with van der Waals surface area (Å²) in [5, 5.41) is 23.3. The Balaban J connectivity index is 1.80. The van der Waals surface area contributed by atoms with E-state index in [1.807, 2.05) is 24.3 Å². The Morgan fingerprint density at radius 1 is 1.13 bits per heavy atom. The Morgan fingerprint density at radius 2 is 1.87 bits per heavy atom. The molecule has 3 rings (SSSR count). The Labute approximate surface area is 136 Å². The van der Waals surface area contributed by atoms with Crippen LogP contribution in [0, 0.1) is 0 Å². The molecule has 0 radical (unpaired) electrons. The second-order valence-electron chi connectivity index (χ2n) is 6.25. The van der Waals surface area contributed by atoms with E-state index in [1.54, 1.807) is 0 Å². The van der Waals surface area contributed by atoms with Gasteiger partial charge in [0.1, 0.15) is 0 Å². The fourth-order valence-electron chi connectivity index (χ4n) is 3.07. The summed E-state index contributed by atoms with van der Waals surface area (Å²) in [4.78, 5) is 12.4. The van der Waals surface area contributed by atoms with Gasteiger partial charge in [-0.3, -0.25) is 4.79 Å². The molecule has 0 aliphatic heterocycles. The van der Waals surface area contributed by atoms with Crippen molar-refractivity contribution >= 4 is 16.7 Å². The molecule has 2 aromatic rings. The predicted molar refractivity (Wildman–Crippen MR) is 90.6 cm³/mol. The third kappa shape index (κ3) is 3.71. The van der Waals surface area contributed by atoms with Gasteiger partial charge in [0, 0.05) is 24.8 Å². The molecule has 1 amide bonds. The lowest BCUT2D eigenvalue weighted by atomic mass is 9.99. The molecule has 1 aliphatic rings. The van der Waals surface area contributed by atoms with Gasteiger partial charge >= 0.3 is 0 Å². The number of aliphatic hydroxyl groups excluding tert-OH is 2. The second-order valence-corrected chi connectivity index (χ2v) is 6.25. The van der Waals surface area contributed by atoms with Crippen molar-refractivity contribution in [2.45, 2.75) is 37.6 Å². The Bertz CT molecular complexity index is 688. The van der Waals surface area contributed by atoms with E-state index in [0.717, 1.165) is 5.39 Å². The monoisotopic (exact) mass is 313 g/mol. The number of aliphatic hydroxyl groups is 2. The minimum absolute atomic E-state index is 0.00653. The first-order valence-electron chi connectivity index (χ1n) is 8.28. The Morgan fingerprint density at radius 3 is 2.52 bits per heavy atom. The van der Waals surface area contributed by atoms with Gasteiger partial charge in [0.15, 0.2) is 0 Å². The number of benzene rings is 2. The lowest BCUT2D eigenvalue weighted by Crippen LogP contribution is -2.36. The van der Waals surface area contributed by atoms with E-state index in [4.69, 9.17) is 10.2 Å². The highest BCUT2D eigenvalue weighted by Gasteiger charge is 2.25. The van der Waals surface area contributed by atoms with Gasteiger partial charge in [0.25, 0.3) is 5.91 Å². The first-order chi connectivity index (χ1) is 11.2. The summed E-state index contributed by atoms with van der Waals surface area (Å²) in [5.41, 5.74) is 2.00. The number of hydrogen-bond donors (Lipinski definition) is 3. The van der Waals surface area contributed by atoms with Gasteiger partial charge in [-0.25, -0.2) is 0 Å². The SMILES string of the molecule is O=C(NC(CCO)CCO)c1ccc2c(C3CC3)cccc2c1. The van der Waals surface area contributed by atoms with E-state index < -0.39 is 0 Å². The number of amides is 1. The average Bonchev–Trinajstić information content (AvgIpc) is 3.39. The van der Waals surface area contributed by atoms with Crippen molar-refractivity contribution in [1.29, 1.82) is 0 Å². The summed E-state index contributed by atoms with van der Waals surface area (Å²) in [6.07, 6.45) is 3.41. The van der Waals surface area contributed by atoms with Crippen LogP contribution in [-0.4, -0.2) is 35.4 Å². The first kappa shape index (κ1) is 16.0. The second kappa shape index (κ2) is 7.11. The lowest BCUT2D eigenvalue weighted by molar-refractivity contribution is 0.0922. The largest absolute Gasteiger partial charge is 0.396 e. The standard InChI is InChI=1S/C19H23NO3/c21-10-8-16(9-11-22)20-19(23)15-6-7-18-14(12-15)2-1-3-17(18)13-4-5-13/h1-3,6-7,12-13,16,21-22H,4-5,8-11H2,(H,20,23). The normalized spacial score (nSPS) is 14.4. The van der Waals surface area contributed by atoms with E-state index >= 15 is 0 Å². The van der Waals surface area contributed by atoms with Gasteiger partial charge in [-0.2, -0.15) is 0 Å². The van der Waals surface area contributed by atoms with Crippen LogP contribution in [0.25, 0.3) is 10.8 Å². The smallest absolute Gasteiger partial charge is 0.251 e. The molecule has 0 heterocycles. The van der Waals surface area contributed by atoms with E-state index in [0.29, 0.717) is 24.3 Å². The third-order valence-corrected chi connectivity index (χ3v) is 4.48. The van der Waals surface area contributed by atoms with E-state index in [9.17, 15) is 4.79 Å². The third-order valence-electron chi connectivity index (χ3n) is 4.48. The molecule has 1 saturated carbocycles. The van der Waals surface area contributed by atoms with Crippen LogP contribution in [0.3, 0.4) is 0 Å². The molecule has 0 unspecified atom stereocenters. The zero-order chi connectivity index (χ0) is 16.2. The number of fused-ring (bicyclic) bond motifs is 1. The maximum atomic E-state index is 12.4. The highest BCUT2D eigenvalue weighted by Crippen LogP contribution is 2.43. The molecular weight excluding hydrogens is 290 g/mol. The van der Waals surface area contributed by atoms with Gasteiger partial charge in [-0.15, -0.1) is 0 Å². The van der Waals surface area contributed by atoms with E-state index in [-0.39, 0.29) is 25.2 Å². The molecule has 1 fully saturated rings.